The minimum Gasteiger partial charge on any atom is -0.344 e. The van der Waals surface area contributed by atoms with Gasteiger partial charge in [-0.2, -0.15) is 0 Å². The van der Waals surface area contributed by atoms with E-state index in [0.29, 0.717) is 12.5 Å². The quantitative estimate of drug-likeness (QED) is 0.624. The van der Waals surface area contributed by atoms with Gasteiger partial charge in [0.15, 0.2) is 0 Å². The van der Waals surface area contributed by atoms with Crippen molar-refractivity contribution >= 4 is 5.91 Å². The van der Waals surface area contributed by atoms with Crippen molar-refractivity contribution in [2.75, 3.05) is 47.3 Å². The molecule has 4 heteroatoms. The largest absolute Gasteiger partial charge is 0.344 e. The zero-order valence-electron chi connectivity index (χ0n) is 8.71. The van der Waals surface area contributed by atoms with E-state index in [-0.39, 0.29) is 5.91 Å². The molecule has 1 amide bonds. The molecule has 0 aromatic carbocycles. The van der Waals surface area contributed by atoms with Crippen molar-refractivity contribution < 1.29 is 4.79 Å². The molecule has 13 heavy (non-hydrogen) atoms. The first kappa shape index (κ1) is 10.5. The van der Waals surface area contributed by atoms with Gasteiger partial charge in [-0.3, -0.25) is 4.79 Å². The molecule has 0 atom stereocenters. The van der Waals surface area contributed by atoms with Crippen molar-refractivity contribution in [2.45, 2.75) is 0 Å². The number of rotatable bonds is 4. The third-order valence-corrected chi connectivity index (χ3v) is 2.43. The van der Waals surface area contributed by atoms with Crippen LogP contribution in [0.3, 0.4) is 0 Å². The minimum atomic E-state index is 0.178. The van der Waals surface area contributed by atoms with E-state index in [2.05, 4.69) is 17.3 Å². The summed E-state index contributed by atoms with van der Waals surface area (Å²) in [6, 6.07) is 0. The fourth-order valence-electron chi connectivity index (χ4n) is 1.72. The van der Waals surface area contributed by atoms with Gasteiger partial charge in [0, 0.05) is 32.6 Å². The van der Waals surface area contributed by atoms with E-state index in [4.69, 9.17) is 0 Å². The molecule has 0 aliphatic carbocycles. The maximum atomic E-state index is 11.3. The lowest BCUT2D eigenvalue weighted by atomic mass is 10.0. The number of nitrogens with zero attached hydrogens (tertiary/aromatic N) is 2. The van der Waals surface area contributed by atoms with Gasteiger partial charge in [-0.15, -0.1) is 0 Å². The Kier molecular flexibility index (Phi) is 3.69. The highest BCUT2D eigenvalue weighted by molar-refractivity contribution is 5.77. The van der Waals surface area contributed by atoms with Gasteiger partial charge >= 0.3 is 0 Å². The summed E-state index contributed by atoms with van der Waals surface area (Å²) in [4.78, 5) is 15.4. The third kappa shape index (κ3) is 2.97. The molecule has 1 fully saturated rings. The smallest absolute Gasteiger partial charge is 0.236 e. The molecule has 0 bridgehead atoms. The average molecular weight is 185 g/mol. The highest BCUT2D eigenvalue weighted by Gasteiger charge is 2.25. The Bertz CT molecular complexity index is 178. The second-order valence-electron chi connectivity index (χ2n) is 3.89. The summed E-state index contributed by atoms with van der Waals surface area (Å²) in [5.74, 6) is 0.854. The molecule has 0 saturated carbocycles. The first-order valence-electron chi connectivity index (χ1n) is 4.70. The fraction of sp³-hybridized carbons (Fsp3) is 0.889. The lowest BCUT2D eigenvalue weighted by Gasteiger charge is -2.38. The Morgan fingerprint density at radius 3 is 2.69 bits per heavy atom. The standard InChI is InChI=1S/C9H19N3O/c1-10-4-9(13)12(3)7-8-5-11(2)6-8/h8,10H,4-7H2,1-3H3. The number of likely N-dealkylation sites (tertiary alicyclic amines) is 1. The number of nitrogens with one attached hydrogen (secondary N) is 1. The van der Waals surface area contributed by atoms with Gasteiger partial charge in [0.1, 0.15) is 0 Å². The second kappa shape index (κ2) is 4.58. The molecule has 0 spiro atoms. The number of amides is 1. The summed E-state index contributed by atoms with van der Waals surface area (Å²) in [5.41, 5.74) is 0. The Balaban J connectivity index is 2.17. The Morgan fingerprint density at radius 1 is 1.62 bits per heavy atom. The third-order valence-electron chi connectivity index (χ3n) is 2.43. The van der Waals surface area contributed by atoms with Crippen molar-refractivity contribution in [1.82, 2.24) is 15.1 Å². The molecule has 0 aromatic rings. The van der Waals surface area contributed by atoms with E-state index in [1.807, 2.05) is 11.9 Å². The molecule has 1 heterocycles. The van der Waals surface area contributed by atoms with Crippen LogP contribution in [0.1, 0.15) is 0 Å². The number of likely N-dealkylation sites (N-methyl/N-ethyl adjacent to an activating group) is 2. The molecule has 1 N–H and O–H groups in total. The van der Waals surface area contributed by atoms with Crippen molar-refractivity contribution in [3.63, 3.8) is 0 Å². The van der Waals surface area contributed by atoms with Crippen LogP contribution in [0.4, 0.5) is 0 Å². The van der Waals surface area contributed by atoms with Crippen LogP contribution in [0.5, 0.6) is 0 Å². The van der Waals surface area contributed by atoms with Crippen LogP contribution < -0.4 is 5.32 Å². The molecule has 1 saturated heterocycles. The molecular formula is C9H19N3O. The predicted molar refractivity (Wildman–Crippen MR) is 52.6 cm³/mol. The van der Waals surface area contributed by atoms with Crippen molar-refractivity contribution in [2.24, 2.45) is 5.92 Å². The minimum absolute atomic E-state index is 0.178. The predicted octanol–water partition coefficient (Wildman–Crippen LogP) is -0.774. The summed E-state index contributed by atoms with van der Waals surface area (Å²) >= 11 is 0. The summed E-state index contributed by atoms with van der Waals surface area (Å²) in [6.07, 6.45) is 0. The molecule has 0 aromatic heterocycles. The molecule has 0 unspecified atom stereocenters. The molecular weight excluding hydrogens is 166 g/mol. The number of hydrogen-bond acceptors (Lipinski definition) is 3. The van der Waals surface area contributed by atoms with E-state index < -0.39 is 0 Å². The summed E-state index contributed by atoms with van der Waals surface area (Å²) < 4.78 is 0. The summed E-state index contributed by atoms with van der Waals surface area (Å²) in [7, 11) is 5.77. The van der Waals surface area contributed by atoms with E-state index >= 15 is 0 Å². The summed E-state index contributed by atoms with van der Waals surface area (Å²) in [5, 5.41) is 2.86. The molecule has 1 aliphatic heterocycles. The van der Waals surface area contributed by atoms with Gasteiger partial charge in [-0.05, 0) is 14.1 Å². The molecule has 4 nitrogen and oxygen atoms in total. The van der Waals surface area contributed by atoms with E-state index in [1.54, 1.807) is 7.05 Å². The van der Waals surface area contributed by atoms with E-state index in [0.717, 1.165) is 19.6 Å². The van der Waals surface area contributed by atoms with Crippen LogP contribution in [-0.2, 0) is 4.79 Å². The first-order chi connectivity index (χ1) is 6.13. The average Bonchev–Trinajstić information content (AvgIpc) is 2.02. The van der Waals surface area contributed by atoms with Crippen LogP contribution >= 0.6 is 0 Å². The Hall–Kier alpha value is -0.610. The zero-order valence-corrected chi connectivity index (χ0v) is 8.71. The Labute approximate surface area is 79.9 Å². The van der Waals surface area contributed by atoms with Gasteiger partial charge in [-0.1, -0.05) is 0 Å². The van der Waals surface area contributed by atoms with Gasteiger partial charge in [0.2, 0.25) is 5.91 Å². The van der Waals surface area contributed by atoms with Crippen LogP contribution in [0, 0.1) is 5.92 Å². The lowest BCUT2D eigenvalue weighted by Crippen LogP contribution is -2.50. The lowest BCUT2D eigenvalue weighted by molar-refractivity contribution is -0.130. The highest BCUT2D eigenvalue weighted by Crippen LogP contribution is 2.13. The number of carbonyl (C=O) groups is 1. The van der Waals surface area contributed by atoms with Crippen LogP contribution in [0.25, 0.3) is 0 Å². The van der Waals surface area contributed by atoms with Crippen LogP contribution in [-0.4, -0.2) is 63.0 Å². The van der Waals surface area contributed by atoms with Gasteiger partial charge in [0.05, 0.1) is 6.54 Å². The number of carbonyl (C=O) groups excluding carboxylic acids is 1. The van der Waals surface area contributed by atoms with Gasteiger partial charge in [-0.25, -0.2) is 0 Å². The number of hydrogen-bond donors (Lipinski definition) is 1. The van der Waals surface area contributed by atoms with E-state index in [1.165, 1.54) is 0 Å². The maximum absolute atomic E-state index is 11.3. The normalized spacial score (nSPS) is 18.4. The topological polar surface area (TPSA) is 35.6 Å². The zero-order chi connectivity index (χ0) is 9.84. The van der Waals surface area contributed by atoms with Gasteiger partial charge in [0.25, 0.3) is 0 Å². The SMILES string of the molecule is CNCC(=O)N(C)CC1CN(C)C1. The van der Waals surface area contributed by atoms with Crippen molar-refractivity contribution in [3.05, 3.63) is 0 Å². The maximum Gasteiger partial charge on any atom is 0.236 e. The first-order valence-corrected chi connectivity index (χ1v) is 4.70. The molecule has 0 radical (unpaired) electrons. The molecule has 1 rings (SSSR count). The van der Waals surface area contributed by atoms with Crippen LogP contribution in [0.2, 0.25) is 0 Å². The van der Waals surface area contributed by atoms with Crippen molar-refractivity contribution in [1.29, 1.82) is 0 Å². The monoisotopic (exact) mass is 185 g/mol. The molecule has 76 valence electrons. The second-order valence-corrected chi connectivity index (χ2v) is 3.89. The highest BCUT2D eigenvalue weighted by atomic mass is 16.2. The molecule has 1 aliphatic rings. The van der Waals surface area contributed by atoms with E-state index in [9.17, 15) is 4.79 Å². The Morgan fingerprint density at radius 2 is 2.23 bits per heavy atom. The summed E-state index contributed by atoms with van der Waals surface area (Å²) in [6.45, 7) is 3.58. The van der Waals surface area contributed by atoms with Crippen molar-refractivity contribution in [3.8, 4) is 0 Å². The van der Waals surface area contributed by atoms with Crippen LogP contribution in [0.15, 0.2) is 0 Å². The van der Waals surface area contributed by atoms with Gasteiger partial charge < -0.3 is 15.1 Å². The fourth-order valence-corrected chi connectivity index (χ4v) is 1.72.